The molecule has 0 spiro atoms. The molecule has 1 aromatic rings. The minimum Gasteiger partial charge on any atom is -0.352 e. The van der Waals surface area contributed by atoms with Gasteiger partial charge in [0, 0.05) is 19.1 Å². The maximum Gasteiger partial charge on any atom is 0.312 e. The molecule has 0 radical (unpaired) electrons. The van der Waals surface area contributed by atoms with Gasteiger partial charge in [0.25, 0.3) is 0 Å². The first-order valence-corrected chi connectivity index (χ1v) is 8.03. The van der Waals surface area contributed by atoms with Crippen molar-refractivity contribution in [3.05, 3.63) is 29.3 Å². The molecule has 0 bridgehead atoms. The van der Waals surface area contributed by atoms with E-state index in [1.54, 1.807) is 18.2 Å². The molecule has 20 heavy (non-hydrogen) atoms. The molecule has 1 saturated heterocycles. The number of piperidine rings is 1. The fourth-order valence-corrected chi connectivity index (χ4v) is 4.20. The molecular weight excluding hydrogens is 302 g/mol. The van der Waals surface area contributed by atoms with E-state index in [0.717, 1.165) is 0 Å². The minimum atomic E-state index is -3.59. The van der Waals surface area contributed by atoms with Crippen LogP contribution in [0.25, 0.3) is 0 Å². The smallest absolute Gasteiger partial charge is 0.312 e. The topological polar surface area (TPSA) is 92.5 Å². The molecule has 0 unspecified atom stereocenters. The average molecular weight is 318 g/mol. The summed E-state index contributed by atoms with van der Waals surface area (Å²) in [6, 6.07) is 5.70. The fraction of sp³-hybridized carbons (Fsp3) is 0.417. The summed E-state index contributed by atoms with van der Waals surface area (Å²) in [7, 11) is -3.59. The Morgan fingerprint density at radius 3 is 2.45 bits per heavy atom. The van der Waals surface area contributed by atoms with Crippen LogP contribution in [0.4, 0.5) is 4.79 Å². The summed E-state index contributed by atoms with van der Waals surface area (Å²) in [6.45, 7) is 0.664. The van der Waals surface area contributed by atoms with Gasteiger partial charge in [0.05, 0.1) is 5.02 Å². The average Bonchev–Trinajstić information content (AvgIpc) is 2.39. The van der Waals surface area contributed by atoms with Gasteiger partial charge in [-0.3, -0.25) is 0 Å². The number of hydrogen-bond acceptors (Lipinski definition) is 3. The summed E-state index contributed by atoms with van der Waals surface area (Å²) in [4.78, 5) is 10.9. The molecule has 110 valence electrons. The molecule has 1 aliphatic heterocycles. The van der Waals surface area contributed by atoms with E-state index in [0.29, 0.717) is 25.9 Å². The number of urea groups is 1. The first kappa shape index (κ1) is 15.1. The van der Waals surface area contributed by atoms with Gasteiger partial charge in [0.1, 0.15) is 4.90 Å². The number of nitrogens with two attached hydrogens (primary N) is 1. The Balaban J connectivity index is 2.10. The van der Waals surface area contributed by atoms with Gasteiger partial charge >= 0.3 is 6.03 Å². The van der Waals surface area contributed by atoms with Gasteiger partial charge in [-0.2, -0.15) is 4.31 Å². The zero-order valence-corrected chi connectivity index (χ0v) is 12.3. The third kappa shape index (κ3) is 3.23. The molecule has 6 nitrogen and oxygen atoms in total. The number of rotatable bonds is 3. The van der Waals surface area contributed by atoms with Crippen LogP contribution in [0.5, 0.6) is 0 Å². The lowest BCUT2D eigenvalue weighted by Gasteiger charge is -2.31. The van der Waals surface area contributed by atoms with E-state index in [9.17, 15) is 13.2 Å². The minimum absolute atomic E-state index is 0.0785. The fourth-order valence-electron chi connectivity index (χ4n) is 2.23. The number of hydrogen-bond donors (Lipinski definition) is 2. The van der Waals surface area contributed by atoms with Crippen molar-refractivity contribution < 1.29 is 13.2 Å². The van der Waals surface area contributed by atoms with Crippen molar-refractivity contribution in [2.45, 2.75) is 23.8 Å². The lowest BCUT2D eigenvalue weighted by Crippen LogP contribution is -2.47. The van der Waals surface area contributed by atoms with E-state index in [-0.39, 0.29) is 16.0 Å². The third-order valence-corrected chi connectivity index (χ3v) is 5.65. The summed E-state index contributed by atoms with van der Waals surface area (Å²) in [6.07, 6.45) is 1.07. The zero-order valence-electron chi connectivity index (χ0n) is 10.8. The SMILES string of the molecule is NC(=O)NC1CCN(S(=O)(=O)c2ccccc2Cl)CC1. The second kappa shape index (κ2) is 5.99. The van der Waals surface area contributed by atoms with Crippen LogP contribution in [0, 0.1) is 0 Å². The molecule has 1 aromatic carbocycles. The van der Waals surface area contributed by atoms with Crippen LogP contribution in [0.2, 0.25) is 5.02 Å². The first-order chi connectivity index (χ1) is 9.41. The van der Waals surface area contributed by atoms with Crippen LogP contribution in [0.3, 0.4) is 0 Å². The molecule has 0 aliphatic carbocycles. The lowest BCUT2D eigenvalue weighted by molar-refractivity contribution is 0.235. The molecule has 2 rings (SSSR count). The van der Waals surface area contributed by atoms with Crippen LogP contribution in [-0.4, -0.2) is 37.9 Å². The van der Waals surface area contributed by atoms with Gasteiger partial charge in [-0.25, -0.2) is 13.2 Å². The van der Waals surface area contributed by atoms with Gasteiger partial charge < -0.3 is 11.1 Å². The Morgan fingerprint density at radius 1 is 1.30 bits per heavy atom. The van der Waals surface area contributed by atoms with Crippen molar-refractivity contribution in [1.29, 1.82) is 0 Å². The summed E-state index contributed by atoms with van der Waals surface area (Å²) in [5, 5.41) is 2.81. The molecule has 0 aromatic heterocycles. The molecule has 0 saturated carbocycles. The van der Waals surface area contributed by atoms with Crippen molar-refractivity contribution in [2.75, 3.05) is 13.1 Å². The van der Waals surface area contributed by atoms with Crippen LogP contribution in [0.15, 0.2) is 29.2 Å². The monoisotopic (exact) mass is 317 g/mol. The van der Waals surface area contributed by atoms with Crippen molar-refractivity contribution >= 4 is 27.7 Å². The molecule has 0 atom stereocenters. The number of carbonyl (C=O) groups excluding carboxylic acids is 1. The highest BCUT2D eigenvalue weighted by molar-refractivity contribution is 7.89. The Labute approximate surface area is 122 Å². The van der Waals surface area contributed by atoms with Crippen LogP contribution < -0.4 is 11.1 Å². The number of amides is 2. The first-order valence-electron chi connectivity index (χ1n) is 6.22. The lowest BCUT2D eigenvalue weighted by atomic mass is 10.1. The molecule has 1 aliphatic rings. The van der Waals surface area contributed by atoms with Crippen LogP contribution in [-0.2, 0) is 10.0 Å². The number of primary amides is 1. The molecule has 8 heteroatoms. The standard InChI is InChI=1S/C12H16ClN3O3S/c13-10-3-1-2-4-11(10)20(18,19)16-7-5-9(6-8-16)15-12(14)17/h1-4,9H,5-8H2,(H3,14,15,17). The van der Waals surface area contributed by atoms with E-state index >= 15 is 0 Å². The maximum absolute atomic E-state index is 12.5. The van der Waals surface area contributed by atoms with Crippen molar-refractivity contribution in [3.63, 3.8) is 0 Å². The van der Waals surface area contributed by atoms with Crippen molar-refractivity contribution in [1.82, 2.24) is 9.62 Å². The number of sulfonamides is 1. The van der Waals surface area contributed by atoms with Gasteiger partial charge in [0.2, 0.25) is 10.0 Å². The molecule has 1 fully saturated rings. The highest BCUT2D eigenvalue weighted by Gasteiger charge is 2.30. The quantitative estimate of drug-likeness (QED) is 0.876. The van der Waals surface area contributed by atoms with E-state index < -0.39 is 16.1 Å². The van der Waals surface area contributed by atoms with E-state index in [1.807, 2.05) is 0 Å². The van der Waals surface area contributed by atoms with Crippen molar-refractivity contribution in [3.8, 4) is 0 Å². The summed E-state index contributed by atoms with van der Waals surface area (Å²) < 4.78 is 26.3. The Morgan fingerprint density at radius 2 is 1.90 bits per heavy atom. The van der Waals surface area contributed by atoms with Gasteiger partial charge in [0.15, 0.2) is 0 Å². The summed E-state index contributed by atoms with van der Waals surface area (Å²) in [5.41, 5.74) is 5.06. The Bertz CT molecular complexity index is 598. The normalized spacial score (nSPS) is 17.9. The van der Waals surface area contributed by atoms with Gasteiger partial charge in [-0.1, -0.05) is 23.7 Å². The van der Waals surface area contributed by atoms with E-state index in [2.05, 4.69) is 5.32 Å². The van der Waals surface area contributed by atoms with Gasteiger partial charge in [-0.15, -0.1) is 0 Å². The molecule has 1 heterocycles. The van der Waals surface area contributed by atoms with Crippen molar-refractivity contribution in [2.24, 2.45) is 5.73 Å². The highest BCUT2D eigenvalue weighted by Crippen LogP contribution is 2.26. The predicted molar refractivity (Wildman–Crippen MR) is 76.0 cm³/mol. The number of halogens is 1. The number of nitrogens with zero attached hydrogens (tertiary/aromatic N) is 1. The second-order valence-electron chi connectivity index (χ2n) is 4.62. The molecular formula is C12H16ClN3O3S. The summed E-state index contributed by atoms with van der Waals surface area (Å²) >= 11 is 5.95. The molecule has 2 amide bonds. The Kier molecular flexibility index (Phi) is 4.52. The second-order valence-corrected chi connectivity index (χ2v) is 6.93. The largest absolute Gasteiger partial charge is 0.352 e. The highest BCUT2D eigenvalue weighted by atomic mass is 35.5. The van der Waals surface area contributed by atoms with E-state index in [1.165, 1.54) is 10.4 Å². The summed E-state index contributed by atoms with van der Waals surface area (Å²) in [5.74, 6) is 0. The number of benzene rings is 1. The predicted octanol–water partition coefficient (Wildman–Crippen LogP) is 1.16. The van der Waals surface area contributed by atoms with Crippen LogP contribution in [0.1, 0.15) is 12.8 Å². The van der Waals surface area contributed by atoms with Crippen LogP contribution >= 0.6 is 11.6 Å². The third-order valence-electron chi connectivity index (χ3n) is 3.25. The Hall–Kier alpha value is -1.31. The number of nitrogens with one attached hydrogen (secondary N) is 1. The zero-order chi connectivity index (χ0) is 14.8. The number of carbonyl (C=O) groups is 1. The van der Waals surface area contributed by atoms with Gasteiger partial charge in [-0.05, 0) is 25.0 Å². The van der Waals surface area contributed by atoms with E-state index in [4.69, 9.17) is 17.3 Å². The maximum atomic E-state index is 12.5. The molecule has 3 N–H and O–H groups in total.